The van der Waals surface area contributed by atoms with Gasteiger partial charge in [0.15, 0.2) is 0 Å². The van der Waals surface area contributed by atoms with E-state index in [1.54, 1.807) is 19.9 Å². The molecule has 0 atom stereocenters. The quantitative estimate of drug-likeness (QED) is 0.812. The molecule has 0 unspecified atom stereocenters. The molecule has 0 aliphatic heterocycles. The first-order valence-corrected chi connectivity index (χ1v) is 7.49. The first kappa shape index (κ1) is 15.9. The SMILES string of the molecule is CCNc1ccncc1S(=O)(=O)N(C)CC(C)(C)O. The van der Waals surface area contributed by atoms with Crippen LogP contribution in [0.2, 0.25) is 0 Å². The summed E-state index contributed by atoms with van der Waals surface area (Å²) in [6.45, 7) is 5.63. The van der Waals surface area contributed by atoms with Gasteiger partial charge in [0, 0.05) is 32.5 Å². The van der Waals surface area contributed by atoms with E-state index in [-0.39, 0.29) is 11.4 Å². The molecule has 0 aliphatic rings. The summed E-state index contributed by atoms with van der Waals surface area (Å²) in [6, 6.07) is 1.62. The summed E-state index contributed by atoms with van der Waals surface area (Å²) < 4.78 is 26.0. The average molecular weight is 287 g/mol. The van der Waals surface area contributed by atoms with Crippen molar-refractivity contribution in [2.45, 2.75) is 31.3 Å². The molecule has 0 aliphatic carbocycles. The Morgan fingerprint density at radius 1 is 1.47 bits per heavy atom. The number of anilines is 1. The number of aliphatic hydroxyl groups is 1. The Morgan fingerprint density at radius 3 is 2.63 bits per heavy atom. The van der Waals surface area contributed by atoms with Gasteiger partial charge >= 0.3 is 0 Å². The highest BCUT2D eigenvalue weighted by atomic mass is 32.2. The second-order valence-electron chi connectivity index (χ2n) is 4.98. The highest BCUT2D eigenvalue weighted by Crippen LogP contribution is 2.23. The molecule has 0 fully saturated rings. The molecule has 0 aromatic carbocycles. The Labute approximate surface area is 114 Å². The molecule has 1 aromatic rings. The van der Waals surface area contributed by atoms with Gasteiger partial charge in [-0.25, -0.2) is 8.42 Å². The lowest BCUT2D eigenvalue weighted by Crippen LogP contribution is -2.39. The molecular weight excluding hydrogens is 266 g/mol. The van der Waals surface area contributed by atoms with Crippen molar-refractivity contribution in [3.63, 3.8) is 0 Å². The number of nitrogens with zero attached hydrogens (tertiary/aromatic N) is 2. The largest absolute Gasteiger partial charge is 0.389 e. The fourth-order valence-electron chi connectivity index (χ4n) is 1.72. The van der Waals surface area contributed by atoms with Crippen molar-refractivity contribution in [1.82, 2.24) is 9.29 Å². The van der Waals surface area contributed by atoms with E-state index in [4.69, 9.17) is 0 Å². The molecule has 108 valence electrons. The maximum absolute atomic E-state index is 12.4. The standard InChI is InChI=1S/C12H21N3O3S/c1-5-14-10-6-7-13-8-11(10)19(17,18)15(4)9-12(2,3)16/h6-8,16H,5,9H2,1-4H3,(H,13,14). The molecular formula is C12H21N3O3S. The minimum Gasteiger partial charge on any atom is -0.389 e. The molecule has 0 amide bonds. The van der Waals surface area contributed by atoms with Crippen LogP contribution in [0.25, 0.3) is 0 Å². The zero-order chi connectivity index (χ0) is 14.7. The van der Waals surface area contributed by atoms with Crippen LogP contribution in [0.4, 0.5) is 5.69 Å². The Morgan fingerprint density at radius 2 is 2.11 bits per heavy atom. The molecule has 1 heterocycles. The van der Waals surface area contributed by atoms with E-state index in [1.165, 1.54) is 19.4 Å². The van der Waals surface area contributed by atoms with Crippen molar-refractivity contribution in [3.05, 3.63) is 18.5 Å². The molecule has 0 radical (unpaired) electrons. The molecule has 2 N–H and O–H groups in total. The molecule has 0 saturated carbocycles. The number of aromatic nitrogens is 1. The van der Waals surface area contributed by atoms with Crippen LogP contribution in [-0.2, 0) is 10.0 Å². The van der Waals surface area contributed by atoms with E-state index in [0.29, 0.717) is 12.2 Å². The monoisotopic (exact) mass is 287 g/mol. The number of hydrogen-bond acceptors (Lipinski definition) is 5. The summed E-state index contributed by atoms with van der Waals surface area (Å²) in [6.07, 6.45) is 2.85. The summed E-state index contributed by atoms with van der Waals surface area (Å²) in [4.78, 5) is 3.98. The van der Waals surface area contributed by atoms with Gasteiger partial charge < -0.3 is 10.4 Å². The topological polar surface area (TPSA) is 82.5 Å². The Kier molecular flexibility index (Phi) is 4.89. The van der Waals surface area contributed by atoms with Crippen molar-refractivity contribution < 1.29 is 13.5 Å². The Hall–Kier alpha value is -1.18. The summed E-state index contributed by atoms with van der Waals surface area (Å²) in [5, 5.41) is 12.7. The molecule has 0 saturated heterocycles. The van der Waals surface area contributed by atoms with Gasteiger partial charge in [0.25, 0.3) is 0 Å². The van der Waals surface area contributed by atoms with Gasteiger partial charge in [-0.3, -0.25) is 4.98 Å². The summed E-state index contributed by atoms with van der Waals surface area (Å²) >= 11 is 0. The minimum absolute atomic E-state index is 0.00971. The van der Waals surface area contributed by atoms with Gasteiger partial charge in [-0.2, -0.15) is 4.31 Å². The third-order valence-electron chi connectivity index (χ3n) is 2.45. The molecule has 0 spiro atoms. The predicted molar refractivity (Wildman–Crippen MR) is 74.5 cm³/mol. The van der Waals surface area contributed by atoms with E-state index >= 15 is 0 Å². The number of rotatable bonds is 6. The normalized spacial score (nSPS) is 12.7. The van der Waals surface area contributed by atoms with E-state index in [0.717, 1.165) is 4.31 Å². The molecule has 19 heavy (non-hydrogen) atoms. The lowest BCUT2D eigenvalue weighted by molar-refractivity contribution is 0.0640. The van der Waals surface area contributed by atoms with Crippen molar-refractivity contribution in [3.8, 4) is 0 Å². The van der Waals surface area contributed by atoms with Crippen LogP contribution in [0.3, 0.4) is 0 Å². The summed E-state index contributed by atoms with van der Waals surface area (Å²) in [7, 11) is -2.24. The summed E-state index contributed by atoms with van der Waals surface area (Å²) in [5.74, 6) is 0. The van der Waals surface area contributed by atoms with Gasteiger partial charge in [0.1, 0.15) is 4.90 Å². The number of nitrogens with one attached hydrogen (secondary N) is 1. The van der Waals surface area contributed by atoms with Gasteiger partial charge in [-0.15, -0.1) is 0 Å². The third-order valence-corrected chi connectivity index (χ3v) is 4.28. The average Bonchev–Trinajstić information content (AvgIpc) is 2.27. The highest BCUT2D eigenvalue weighted by molar-refractivity contribution is 7.89. The van der Waals surface area contributed by atoms with Crippen LogP contribution in [0.5, 0.6) is 0 Å². The predicted octanol–water partition coefficient (Wildman–Crippen LogP) is 0.905. The Bertz CT molecular complexity index is 523. The fourth-order valence-corrected chi connectivity index (χ4v) is 3.15. The van der Waals surface area contributed by atoms with Crippen LogP contribution in [0.1, 0.15) is 20.8 Å². The first-order valence-electron chi connectivity index (χ1n) is 6.05. The van der Waals surface area contributed by atoms with Gasteiger partial charge in [0.2, 0.25) is 10.0 Å². The zero-order valence-electron chi connectivity index (χ0n) is 11.7. The Balaban J connectivity index is 3.13. The van der Waals surface area contributed by atoms with Crippen LogP contribution < -0.4 is 5.32 Å². The molecule has 6 nitrogen and oxygen atoms in total. The molecule has 0 bridgehead atoms. The first-order chi connectivity index (χ1) is 8.68. The fraction of sp³-hybridized carbons (Fsp3) is 0.583. The maximum Gasteiger partial charge on any atom is 0.246 e. The van der Waals surface area contributed by atoms with E-state index < -0.39 is 15.6 Å². The minimum atomic E-state index is -3.68. The van der Waals surface area contributed by atoms with E-state index in [1.807, 2.05) is 6.92 Å². The van der Waals surface area contributed by atoms with Crippen LogP contribution in [0, 0.1) is 0 Å². The van der Waals surface area contributed by atoms with Crippen LogP contribution in [-0.4, -0.2) is 48.6 Å². The van der Waals surface area contributed by atoms with Crippen molar-refractivity contribution >= 4 is 15.7 Å². The van der Waals surface area contributed by atoms with Gasteiger partial charge in [-0.05, 0) is 26.8 Å². The number of likely N-dealkylation sites (N-methyl/N-ethyl adjacent to an activating group) is 1. The van der Waals surface area contributed by atoms with Gasteiger partial charge in [-0.1, -0.05) is 0 Å². The second kappa shape index (κ2) is 5.85. The van der Waals surface area contributed by atoms with E-state index in [9.17, 15) is 13.5 Å². The highest BCUT2D eigenvalue weighted by Gasteiger charge is 2.28. The van der Waals surface area contributed by atoms with E-state index in [2.05, 4.69) is 10.3 Å². The third kappa shape index (κ3) is 4.15. The number of hydrogen-bond donors (Lipinski definition) is 2. The molecule has 7 heteroatoms. The van der Waals surface area contributed by atoms with Crippen LogP contribution >= 0.6 is 0 Å². The summed E-state index contributed by atoms with van der Waals surface area (Å²) in [5.41, 5.74) is -0.581. The lowest BCUT2D eigenvalue weighted by atomic mass is 10.1. The molecule has 1 rings (SSSR count). The molecule has 1 aromatic heterocycles. The maximum atomic E-state index is 12.4. The van der Waals surface area contributed by atoms with Crippen molar-refractivity contribution in [1.29, 1.82) is 0 Å². The van der Waals surface area contributed by atoms with Crippen LogP contribution in [0.15, 0.2) is 23.4 Å². The number of pyridine rings is 1. The van der Waals surface area contributed by atoms with Gasteiger partial charge in [0.05, 0.1) is 11.3 Å². The second-order valence-corrected chi connectivity index (χ2v) is 6.99. The zero-order valence-corrected chi connectivity index (χ0v) is 12.5. The lowest BCUT2D eigenvalue weighted by Gasteiger charge is -2.25. The number of sulfonamides is 1. The smallest absolute Gasteiger partial charge is 0.246 e. The van der Waals surface area contributed by atoms with Crippen molar-refractivity contribution in [2.75, 3.05) is 25.5 Å². The van der Waals surface area contributed by atoms with Crippen molar-refractivity contribution in [2.24, 2.45) is 0 Å².